The van der Waals surface area contributed by atoms with Crippen LogP contribution in [-0.2, 0) is 31.6 Å². The number of rotatable bonds is 8. The molecule has 0 spiro atoms. The fraction of sp³-hybridized carbons (Fsp3) is 0.417. The van der Waals surface area contributed by atoms with Gasteiger partial charge in [0, 0.05) is 63.0 Å². The van der Waals surface area contributed by atoms with E-state index in [9.17, 15) is 28.1 Å². The van der Waals surface area contributed by atoms with Gasteiger partial charge < -0.3 is 39.7 Å². The molecule has 0 aromatic carbocycles. The van der Waals surface area contributed by atoms with E-state index >= 15 is 0 Å². The van der Waals surface area contributed by atoms with Gasteiger partial charge in [-0.15, -0.1) is 6.42 Å². The normalized spacial score (nSPS) is 24.2. The monoisotopic (exact) mass is 560 g/mol. The number of phosphoric acid groups is 3. The van der Waals surface area contributed by atoms with Crippen LogP contribution in [0.15, 0.2) is 6.33 Å². The number of hydrogen-bond acceptors (Lipinski definition) is 13. The number of aliphatic hydroxyl groups is 1. The predicted molar refractivity (Wildman–Crippen MR) is 117 cm³/mol. The van der Waals surface area contributed by atoms with Crippen LogP contribution >= 0.6 is 23.5 Å². The van der Waals surface area contributed by atoms with Gasteiger partial charge in [0.25, 0.3) is 7.82 Å². The Morgan fingerprint density at radius 1 is 1.27 bits per heavy atom. The number of nitrogens with two attached hydrogens (primary N) is 1. The van der Waals surface area contributed by atoms with Crippen LogP contribution < -0.4 is 29.5 Å². The van der Waals surface area contributed by atoms with E-state index < -0.39 is 54.1 Å². The van der Waals surface area contributed by atoms with E-state index in [4.69, 9.17) is 31.6 Å². The number of halogens is 1. The summed E-state index contributed by atoms with van der Waals surface area (Å²) in [6.07, 6.45) is 2.25. The van der Waals surface area contributed by atoms with Crippen LogP contribution in [0.2, 0.25) is 0 Å². The molecule has 5 atom stereocenters. The molecule has 1 aliphatic rings. The second-order valence-electron chi connectivity index (χ2n) is 6.40. The molecule has 2 aromatic heterocycles. The van der Waals surface area contributed by atoms with E-state index in [0.717, 1.165) is 10.9 Å². The molecule has 0 amide bonds. The molecule has 3 radical (unpaired) electrons. The molecule has 0 bridgehead atoms. The van der Waals surface area contributed by atoms with Crippen molar-refractivity contribution in [2.75, 3.05) is 12.3 Å². The second-order valence-corrected chi connectivity index (χ2v) is 10.8. The summed E-state index contributed by atoms with van der Waals surface area (Å²) < 4.78 is 65.5. The molecule has 17 nitrogen and oxygen atoms in total. The number of anilines is 1. The van der Waals surface area contributed by atoms with E-state index in [1.165, 1.54) is 0 Å². The fourth-order valence-corrected chi connectivity index (χ4v) is 5.83. The quantitative estimate of drug-likeness (QED) is 0.0874. The van der Waals surface area contributed by atoms with E-state index in [2.05, 4.69) is 28.1 Å². The number of nitrogens with zero attached hydrogens (tertiary/aromatic N) is 4. The Hall–Kier alpha value is 0.560. The molecule has 2 aromatic rings. The van der Waals surface area contributed by atoms with E-state index in [0.29, 0.717) is 0 Å². The van der Waals surface area contributed by atoms with Crippen LogP contribution in [0.1, 0.15) is 12.6 Å². The van der Waals surface area contributed by atoms with Gasteiger partial charge in [-0.2, -0.15) is 18.7 Å². The number of aliphatic hydroxyl groups excluding tert-OH is 1. The largest absolute Gasteiger partial charge is 1.00 e. The van der Waals surface area contributed by atoms with Gasteiger partial charge >= 0.3 is 40.6 Å². The average molecular weight is 560 g/mol. The van der Waals surface area contributed by atoms with Gasteiger partial charge in [0.1, 0.15) is 12.3 Å². The smallest absolute Gasteiger partial charge is 0.756 e. The van der Waals surface area contributed by atoms with Gasteiger partial charge in [-0.25, -0.2) is 18.4 Å². The van der Waals surface area contributed by atoms with Crippen molar-refractivity contribution in [1.29, 1.82) is 0 Å². The molecule has 1 aliphatic heterocycles. The molecule has 185 valence electrons. The molecule has 0 saturated carbocycles. The van der Waals surface area contributed by atoms with Crippen molar-refractivity contribution in [2.45, 2.75) is 24.4 Å². The first-order valence-corrected chi connectivity index (χ1v) is 12.8. The molecule has 0 aliphatic carbocycles. The summed E-state index contributed by atoms with van der Waals surface area (Å²) in [6, 6.07) is 0. The molecule has 6 N–H and O–H groups in total. The Morgan fingerprint density at radius 3 is 2.41 bits per heavy atom. The van der Waals surface area contributed by atoms with Crippen molar-refractivity contribution < 1.29 is 79.5 Å². The standard InChI is InChI=1S/C12H15FN5O12P3.4Li/c1-2-12(4-27-32(23,24)30-33(25,26)29-31(20,21)22)6(19)3-7(28-12)18-5-15-8-9(14)16-11(13)17-10(8)18;;;;/h1,5-7,19H,3-4H2,(H,23,24)(H,25,26)(H2,14,16,17)(H2,20,21,22);;;;/q;;;;+1/p-1/t6-,7+,12+;;;;/m0..../s1. The van der Waals surface area contributed by atoms with Crippen LogP contribution in [0, 0.1) is 18.4 Å². The number of hydrogen-bond donors (Lipinski definition) is 5. The minimum absolute atomic E-state index is 0. The molecular weight excluding hydrogens is 546 g/mol. The fourth-order valence-electron chi connectivity index (χ4n) is 2.82. The summed E-state index contributed by atoms with van der Waals surface area (Å²) >= 11 is 0. The molecule has 1 saturated heterocycles. The molecular formula is C12H14FLi4N5O12P3. The average Bonchev–Trinajstić information content (AvgIpc) is 3.18. The SMILES string of the molecule is C#C[C@]1(COP(=O)([O-])OP(=O)(O)OP(=O)(O)O)O[C@@H](n2cnc3c(N)nc(F)nc32)C[C@@H]1O.[Li+].[Li].[Li].[Li]. The number of phosphoric ester groups is 1. The van der Waals surface area contributed by atoms with Crippen molar-refractivity contribution in [1.82, 2.24) is 19.5 Å². The van der Waals surface area contributed by atoms with E-state index in [-0.39, 0.29) is 98.8 Å². The van der Waals surface area contributed by atoms with E-state index in [1.54, 1.807) is 0 Å². The Morgan fingerprint density at radius 2 is 1.86 bits per heavy atom. The molecule has 37 heavy (non-hydrogen) atoms. The second kappa shape index (κ2) is 14.5. The zero-order valence-corrected chi connectivity index (χ0v) is 22.5. The Kier molecular flexibility index (Phi) is 15.5. The number of imidazole rings is 1. The number of aromatic nitrogens is 4. The number of fused-ring (bicyclic) bond motifs is 1. The first-order chi connectivity index (χ1) is 15.1. The number of terminal acetylenes is 1. The third kappa shape index (κ3) is 9.86. The maximum absolute atomic E-state index is 13.6. The molecule has 3 rings (SSSR count). The van der Waals surface area contributed by atoms with Crippen molar-refractivity contribution in [3.63, 3.8) is 0 Å². The number of nitrogen functional groups attached to an aromatic ring is 1. The van der Waals surface area contributed by atoms with Gasteiger partial charge in [0.2, 0.25) is 0 Å². The topological polar surface area (TPSA) is 262 Å². The zero-order valence-electron chi connectivity index (χ0n) is 19.9. The first kappa shape index (κ1) is 39.7. The van der Waals surface area contributed by atoms with Crippen LogP contribution in [0.25, 0.3) is 11.2 Å². The first-order valence-electron chi connectivity index (χ1n) is 8.32. The third-order valence-corrected chi connectivity index (χ3v) is 7.88. The third-order valence-electron chi connectivity index (χ3n) is 4.14. The molecule has 3 heterocycles. The molecule has 2 unspecified atom stereocenters. The maximum Gasteiger partial charge on any atom is 1.00 e. The Labute approximate surface area is 256 Å². The van der Waals surface area contributed by atoms with Gasteiger partial charge in [0.05, 0.1) is 12.9 Å². The Balaban J connectivity index is 0. The summed E-state index contributed by atoms with van der Waals surface area (Å²) in [7, 11) is -17.2. The van der Waals surface area contributed by atoms with Gasteiger partial charge in [-0.05, 0) is 0 Å². The summed E-state index contributed by atoms with van der Waals surface area (Å²) in [6.45, 7) is -1.17. The van der Waals surface area contributed by atoms with Crippen LogP contribution in [0.5, 0.6) is 0 Å². The van der Waals surface area contributed by atoms with Crippen LogP contribution in [0.3, 0.4) is 0 Å². The van der Waals surface area contributed by atoms with Crippen LogP contribution in [-0.4, -0.2) is 114 Å². The van der Waals surface area contributed by atoms with Crippen molar-refractivity contribution in [3.05, 3.63) is 12.4 Å². The minimum atomic E-state index is -5.82. The molecule has 1 fully saturated rings. The van der Waals surface area contributed by atoms with Gasteiger partial charge in [-0.1, -0.05) is 5.92 Å². The predicted octanol–water partition coefficient (Wildman–Crippen LogP) is -5.23. The van der Waals surface area contributed by atoms with Gasteiger partial charge in [0.15, 0.2) is 22.6 Å². The minimum Gasteiger partial charge on any atom is -0.756 e. The summed E-state index contributed by atoms with van der Waals surface area (Å²) in [5.41, 5.74) is 3.27. The van der Waals surface area contributed by atoms with E-state index in [1.807, 2.05) is 5.92 Å². The number of ether oxygens (including phenoxy) is 1. The summed E-state index contributed by atoms with van der Waals surface area (Å²) in [5.74, 6) is 1.72. The van der Waals surface area contributed by atoms with Crippen molar-refractivity contribution in [2.24, 2.45) is 0 Å². The van der Waals surface area contributed by atoms with Crippen LogP contribution in [0.4, 0.5) is 10.2 Å². The Bertz CT molecular complexity index is 1280. The summed E-state index contributed by atoms with van der Waals surface area (Å²) in [4.78, 5) is 48.8. The molecule has 25 heteroatoms. The van der Waals surface area contributed by atoms with Gasteiger partial charge in [-0.3, -0.25) is 9.13 Å². The summed E-state index contributed by atoms with van der Waals surface area (Å²) in [5, 5.41) is 10.4. The maximum atomic E-state index is 13.6. The zero-order chi connectivity index (χ0) is 24.8. The van der Waals surface area contributed by atoms with Crippen molar-refractivity contribution in [3.8, 4) is 12.3 Å². The van der Waals surface area contributed by atoms with Crippen molar-refractivity contribution >= 4 is 97.0 Å².